The maximum atomic E-state index is 13.0. The van der Waals surface area contributed by atoms with Crippen LogP contribution in [0.3, 0.4) is 0 Å². The minimum atomic E-state index is -0.867. The predicted molar refractivity (Wildman–Crippen MR) is 113 cm³/mol. The number of aliphatic hydroxyl groups is 1. The van der Waals surface area contributed by atoms with Crippen LogP contribution in [0.15, 0.2) is 88.9 Å². The topological polar surface area (TPSA) is 77.8 Å². The lowest BCUT2D eigenvalue weighted by Gasteiger charge is -2.26. The highest BCUT2D eigenvalue weighted by atomic mass is 79.9. The zero-order valence-electron chi connectivity index (χ0n) is 15.1. The van der Waals surface area contributed by atoms with Gasteiger partial charge in [-0.3, -0.25) is 14.5 Å². The Morgan fingerprint density at radius 3 is 2.14 bits per heavy atom. The Morgan fingerprint density at radius 1 is 0.862 bits per heavy atom. The third-order valence-corrected chi connectivity index (χ3v) is 5.35. The number of aliphatic hydroxyl groups excluding tert-OH is 1. The fraction of sp³-hybridized carbons (Fsp3) is 0.0435. The van der Waals surface area contributed by atoms with Crippen LogP contribution in [0.25, 0.3) is 5.76 Å². The minimum absolute atomic E-state index is 0.0215. The van der Waals surface area contributed by atoms with E-state index in [1.54, 1.807) is 66.7 Å². The van der Waals surface area contributed by atoms with Gasteiger partial charge in [0.2, 0.25) is 0 Å². The molecule has 1 aliphatic heterocycles. The lowest BCUT2D eigenvalue weighted by Crippen LogP contribution is -2.29. The van der Waals surface area contributed by atoms with Crippen molar-refractivity contribution in [1.82, 2.24) is 0 Å². The van der Waals surface area contributed by atoms with Gasteiger partial charge in [-0.25, -0.2) is 0 Å². The van der Waals surface area contributed by atoms with Gasteiger partial charge < -0.3 is 10.2 Å². The van der Waals surface area contributed by atoms with Gasteiger partial charge in [-0.1, -0.05) is 70.5 Å². The zero-order valence-corrected chi connectivity index (χ0v) is 16.7. The molecular formula is C23H16BrNO4. The van der Waals surface area contributed by atoms with E-state index in [1.165, 1.54) is 11.0 Å². The van der Waals surface area contributed by atoms with E-state index in [1.807, 2.05) is 6.07 Å². The first kappa shape index (κ1) is 19.0. The van der Waals surface area contributed by atoms with E-state index in [-0.39, 0.29) is 22.8 Å². The number of para-hydroxylation sites is 2. The number of phenols is 1. The normalized spacial score (nSPS) is 18.2. The molecule has 29 heavy (non-hydrogen) atoms. The molecule has 1 heterocycles. The number of benzene rings is 3. The van der Waals surface area contributed by atoms with Crippen LogP contribution in [0, 0.1) is 0 Å². The molecule has 1 amide bonds. The van der Waals surface area contributed by atoms with Crippen LogP contribution < -0.4 is 4.90 Å². The highest BCUT2D eigenvalue weighted by Gasteiger charge is 2.47. The smallest absolute Gasteiger partial charge is 0.300 e. The van der Waals surface area contributed by atoms with Gasteiger partial charge in [0.05, 0.1) is 17.3 Å². The van der Waals surface area contributed by atoms with Crippen molar-refractivity contribution >= 4 is 39.1 Å². The number of amides is 1. The summed E-state index contributed by atoms with van der Waals surface area (Å²) in [5.41, 5.74) is 1.25. The number of Topliss-reactive ketones (excluding diaryl/α,β-unsaturated/α-hetero) is 1. The van der Waals surface area contributed by atoms with Crippen LogP contribution >= 0.6 is 15.9 Å². The number of ketones is 1. The van der Waals surface area contributed by atoms with Crippen LogP contribution in [0.4, 0.5) is 5.69 Å². The molecule has 4 rings (SSSR count). The molecule has 5 nitrogen and oxygen atoms in total. The number of carbonyl (C=O) groups is 2. The van der Waals surface area contributed by atoms with E-state index >= 15 is 0 Å². The van der Waals surface area contributed by atoms with Crippen LogP contribution in [0.1, 0.15) is 17.2 Å². The molecule has 0 spiro atoms. The quantitative estimate of drug-likeness (QED) is 0.342. The van der Waals surface area contributed by atoms with Crippen molar-refractivity contribution in [3.63, 3.8) is 0 Å². The summed E-state index contributed by atoms with van der Waals surface area (Å²) in [5, 5.41) is 21.3. The third-order valence-electron chi connectivity index (χ3n) is 4.82. The standard InChI is InChI=1S/C23H16BrNO4/c24-16-12-10-15(11-13-16)21(27)19-20(14-6-2-1-3-7-14)25(23(29)22(19)28)17-8-4-5-9-18(17)26/h1-13,20,26-27H/b21-19+. The summed E-state index contributed by atoms with van der Waals surface area (Å²) in [4.78, 5) is 27.2. The minimum Gasteiger partial charge on any atom is -0.507 e. The number of halogens is 1. The Balaban J connectivity index is 1.96. The molecule has 2 N–H and O–H groups in total. The van der Waals surface area contributed by atoms with Gasteiger partial charge in [0.25, 0.3) is 11.7 Å². The molecular weight excluding hydrogens is 434 g/mol. The summed E-state index contributed by atoms with van der Waals surface area (Å²) in [5.74, 6) is -2.00. The fourth-order valence-corrected chi connectivity index (χ4v) is 3.73. The molecule has 1 aliphatic rings. The Labute approximate surface area is 175 Å². The molecule has 1 atom stereocenters. The van der Waals surface area contributed by atoms with Gasteiger partial charge in [0.15, 0.2) is 0 Å². The number of carbonyl (C=O) groups excluding carboxylic acids is 2. The van der Waals surface area contributed by atoms with E-state index in [9.17, 15) is 19.8 Å². The van der Waals surface area contributed by atoms with Crippen molar-refractivity contribution in [3.8, 4) is 5.75 Å². The van der Waals surface area contributed by atoms with E-state index < -0.39 is 17.7 Å². The van der Waals surface area contributed by atoms with Gasteiger partial charge >= 0.3 is 0 Å². The SMILES string of the molecule is O=C1C(=O)N(c2ccccc2O)C(c2ccccc2)/C1=C(\O)c1ccc(Br)cc1. The molecule has 3 aromatic rings. The van der Waals surface area contributed by atoms with Crippen molar-refractivity contribution in [2.75, 3.05) is 4.90 Å². The number of anilines is 1. The summed E-state index contributed by atoms with van der Waals surface area (Å²) in [7, 11) is 0. The van der Waals surface area contributed by atoms with Gasteiger partial charge in [-0.05, 0) is 29.8 Å². The average molecular weight is 450 g/mol. The lowest BCUT2D eigenvalue weighted by atomic mass is 9.95. The summed E-state index contributed by atoms with van der Waals surface area (Å²) < 4.78 is 0.823. The highest BCUT2D eigenvalue weighted by molar-refractivity contribution is 9.10. The van der Waals surface area contributed by atoms with Crippen molar-refractivity contribution in [3.05, 3.63) is 100 Å². The number of nitrogens with zero attached hydrogens (tertiary/aromatic N) is 1. The van der Waals surface area contributed by atoms with Gasteiger partial charge in [-0.2, -0.15) is 0 Å². The molecule has 6 heteroatoms. The van der Waals surface area contributed by atoms with E-state index in [0.29, 0.717) is 11.1 Å². The number of aromatic hydroxyl groups is 1. The van der Waals surface area contributed by atoms with Crippen LogP contribution in [0.2, 0.25) is 0 Å². The summed E-state index contributed by atoms with van der Waals surface area (Å²) in [6.45, 7) is 0. The molecule has 1 unspecified atom stereocenters. The summed E-state index contributed by atoms with van der Waals surface area (Å²) in [6.07, 6.45) is 0. The number of hydrogen-bond acceptors (Lipinski definition) is 4. The van der Waals surface area contributed by atoms with Crippen LogP contribution in [-0.2, 0) is 9.59 Å². The first-order valence-electron chi connectivity index (χ1n) is 8.89. The predicted octanol–water partition coefficient (Wildman–Crippen LogP) is 4.78. The number of phenolic OH excluding ortho intramolecular Hbond substituents is 1. The van der Waals surface area contributed by atoms with Crippen molar-refractivity contribution in [2.24, 2.45) is 0 Å². The van der Waals surface area contributed by atoms with E-state index in [4.69, 9.17) is 0 Å². The van der Waals surface area contributed by atoms with Gasteiger partial charge in [-0.15, -0.1) is 0 Å². The summed E-state index contributed by atoms with van der Waals surface area (Å²) in [6, 6.07) is 21.2. The number of hydrogen-bond donors (Lipinski definition) is 2. The third kappa shape index (κ3) is 3.32. The van der Waals surface area contributed by atoms with E-state index in [0.717, 1.165) is 4.47 Å². The van der Waals surface area contributed by atoms with Crippen LogP contribution in [0.5, 0.6) is 5.75 Å². The fourth-order valence-electron chi connectivity index (χ4n) is 3.46. The largest absolute Gasteiger partial charge is 0.507 e. The average Bonchev–Trinajstić information content (AvgIpc) is 3.00. The molecule has 0 saturated carbocycles. The second-order valence-electron chi connectivity index (χ2n) is 6.58. The van der Waals surface area contributed by atoms with Crippen molar-refractivity contribution in [1.29, 1.82) is 0 Å². The second kappa shape index (κ2) is 7.56. The van der Waals surface area contributed by atoms with Crippen molar-refractivity contribution < 1.29 is 19.8 Å². The van der Waals surface area contributed by atoms with Gasteiger partial charge in [0, 0.05) is 10.0 Å². The molecule has 3 aromatic carbocycles. The lowest BCUT2D eigenvalue weighted by molar-refractivity contribution is -0.132. The maximum Gasteiger partial charge on any atom is 0.300 e. The van der Waals surface area contributed by atoms with E-state index in [2.05, 4.69) is 15.9 Å². The zero-order chi connectivity index (χ0) is 20.5. The molecule has 0 bridgehead atoms. The second-order valence-corrected chi connectivity index (χ2v) is 7.49. The molecule has 1 fully saturated rings. The summed E-state index contributed by atoms with van der Waals surface area (Å²) >= 11 is 3.34. The monoisotopic (exact) mass is 449 g/mol. The first-order chi connectivity index (χ1) is 14.0. The molecule has 0 radical (unpaired) electrons. The molecule has 144 valence electrons. The highest BCUT2D eigenvalue weighted by Crippen LogP contribution is 2.44. The first-order valence-corrected chi connectivity index (χ1v) is 9.68. The van der Waals surface area contributed by atoms with Crippen molar-refractivity contribution in [2.45, 2.75) is 6.04 Å². The Kier molecular flexibility index (Phi) is 4.94. The Bertz CT molecular complexity index is 1120. The number of rotatable bonds is 3. The maximum absolute atomic E-state index is 13.0. The Morgan fingerprint density at radius 2 is 1.48 bits per heavy atom. The Hall–Kier alpha value is -3.38. The van der Waals surface area contributed by atoms with Crippen LogP contribution in [-0.4, -0.2) is 21.9 Å². The molecule has 0 aliphatic carbocycles. The van der Waals surface area contributed by atoms with Gasteiger partial charge in [0.1, 0.15) is 11.5 Å². The molecule has 1 saturated heterocycles. The molecule has 0 aromatic heterocycles.